The first-order valence-corrected chi connectivity index (χ1v) is 11.0. The van der Waals surface area contributed by atoms with Crippen LogP contribution in [0.2, 0.25) is 5.02 Å². The van der Waals surface area contributed by atoms with Crippen molar-refractivity contribution in [2.45, 2.75) is 37.3 Å². The van der Waals surface area contributed by atoms with E-state index in [-0.39, 0.29) is 17.0 Å². The number of nitrogens with zero attached hydrogens (tertiary/aromatic N) is 1. The number of alkyl halides is 9. The number of carbonyl (C=O) groups excluding carboxylic acids is 2. The van der Waals surface area contributed by atoms with Crippen LogP contribution in [-0.2, 0) is 11.0 Å². The smallest absolute Gasteiger partial charge is 0.337 e. The van der Waals surface area contributed by atoms with Gasteiger partial charge < -0.3 is 4.90 Å². The predicted molar refractivity (Wildman–Crippen MR) is 118 cm³/mol. The van der Waals surface area contributed by atoms with Crippen LogP contribution in [0, 0.1) is 5.82 Å². The third kappa shape index (κ3) is 8.94. The molecule has 1 unspecified atom stereocenters. The fraction of sp³-hybridized carbons (Fsp3) is 0.333. The van der Waals surface area contributed by atoms with Gasteiger partial charge in [-0.2, -0.15) is 39.5 Å². The van der Waals surface area contributed by atoms with E-state index in [0.29, 0.717) is 30.3 Å². The summed E-state index contributed by atoms with van der Waals surface area (Å²) in [5, 5.41) is -0.708. The molecule has 0 aromatic heterocycles. The van der Waals surface area contributed by atoms with Crippen LogP contribution in [0.1, 0.15) is 45.8 Å². The first kappa shape index (κ1) is 32.1. The second kappa shape index (κ2) is 11.9. The third-order valence-corrected chi connectivity index (χ3v) is 5.57. The fourth-order valence-electron chi connectivity index (χ4n) is 3.40. The minimum Gasteiger partial charge on any atom is -0.337 e. The van der Waals surface area contributed by atoms with E-state index in [2.05, 4.69) is 0 Å². The van der Waals surface area contributed by atoms with Gasteiger partial charge in [-0.05, 0) is 29.8 Å². The molecule has 0 aliphatic rings. The van der Waals surface area contributed by atoms with Crippen molar-refractivity contribution < 1.29 is 57.9 Å². The maximum Gasteiger partial charge on any atom is 0.417 e. The van der Waals surface area contributed by atoms with Crippen LogP contribution >= 0.6 is 11.6 Å². The van der Waals surface area contributed by atoms with Crippen LogP contribution in [0.25, 0.3) is 5.83 Å². The molecule has 2 aromatic rings. The quantitative estimate of drug-likeness (QED) is 0.228. The number of allylic oxidation sites excluding steroid dienone is 1. The monoisotopic (exact) mass is 595 g/mol. The molecule has 2 rings (SSSR count). The van der Waals surface area contributed by atoms with E-state index in [1.807, 2.05) is 0 Å². The van der Waals surface area contributed by atoms with Gasteiger partial charge in [0.25, 0.3) is 0 Å². The minimum atomic E-state index is -5.30. The molecule has 0 fully saturated rings. The first-order valence-electron chi connectivity index (χ1n) is 10.6. The minimum absolute atomic E-state index is 0.0459. The predicted octanol–water partition coefficient (Wildman–Crippen LogP) is 8.14. The summed E-state index contributed by atoms with van der Waals surface area (Å²) in [5.74, 6) is -8.05. The summed E-state index contributed by atoms with van der Waals surface area (Å²) < 4.78 is 147. The summed E-state index contributed by atoms with van der Waals surface area (Å²) in [6.07, 6.45) is -17.1. The van der Waals surface area contributed by atoms with Crippen molar-refractivity contribution in [1.29, 1.82) is 0 Å². The number of halogens is 12. The molecule has 15 heteroatoms. The Bertz CT molecular complexity index is 1250. The van der Waals surface area contributed by atoms with Crippen molar-refractivity contribution >= 4 is 29.1 Å². The Morgan fingerprint density at radius 3 is 2.08 bits per heavy atom. The number of carbonyl (C=O) groups is 2. The molecule has 3 nitrogen and oxygen atoms in total. The average Bonchev–Trinajstić information content (AvgIpc) is 2.79. The van der Waals surface area contributed by atoms with Crippen LogP contribution in [0.5, 0.6) is 0 Å². The second-order valence-corrected chi connectivity index (χ2v) is 8.66. The number of Topliss-reactive ketones (excluding diaryl/α,β-unsaturated/α-hetero) is 1. The summed E-state index contributed by atoms with van der Waals surface area (Å²) in [6.45, 7) is -1.66. The van der Waals surface area contributed by atoms with Crippen molar-refractivity contribution in [3.8, 4) is 0 Å². The Balaban J connectivity index is 2.39. The van der Waals surface area contributed by atoms with E-state index in [9.17, 15) is 57.9 Å². The molecule has 0 aliphatic carbocycles. The van der Waals surface area contributed by atoms with E-state index in [4.69, 9.17) is 11.6 Å². The lowest BCUT2D eigenvalue weighted by atomic mass is 9.94. The van der Waals surface area contributed by atoms with Gasteiger partial charge in [0.05, 0.1) is 10.6 Å². The molecule has 1 amide bonds. The van der Waals surface area contributed by atoms with E-state index in [0.717, 1.165) is 7.05 Å². The lowest BCUT2D eigenvalue weighted by Crippen LogP contribution is -2.35. The number of rotatable bonds is 8. The molecule has 0 aliphatic heterocycles. The summed E-state index contributed by atoms with van der Waals surface area (Å²) in [6, 6.07) is 3.00. The Labute approximate surface area is 218 Å². The average molecular weight is 596 g/mol. The second-order valence-electron chi connectivity index (χ2n) is 8.25. The molecule has 0 N–H and O–H groups in total. The highest BCUT2D eigenvalue weighted by atomic mass is 35.5. The van der Waals surface area contributed by atoms with Gasteiger partial charge >= 0.3 is 18.5 Å². The molecular formula is C24H17ClF11NO2. The largest absolute Gasteiger partial charge is 0.417 e. The third-order valence-electron chi connectivity index (χ3n) is 5.28. The van der Waals surface area contributed by atoms with Crippen molar-refractivity contribution in [3.05, 3.63) is 75.6 Å². The van der Waals surface area contributed by atoms with Gasteiger partial charge in [-0.15, -0.1) is 0 Å². The molecule has 214 valence electrons. The maximum atomic E-state index is 14.8. The highest BCUT2D eigenvalue weighted by Crippen LogP contribution is 2.40. The van der Waals surface area contributed by atoms with Crippen molar-refractivity contribution in [3.63, 3.8) is 0 Å². The Morgan fingerprint density at radius 1 is 0.949 bits per heavy atom. The zero-order valence-corrected chi connectivity index (χ0v) is 20.3. The lowest BCUT2D eigenvalue weighted by Gasteiger charge is -2.19. The van der Waals surface area contributed by atoms with Gasteiger partial charge in [0.2, 0.25) is 5.91 Å². The molecule has 39 heavy (non-hydrogen) atoms. The van der Waals surface area contributed by atoms with Gasteiger partial charge in [-0.3, -0.25) is 9.59 Å². The van der Waals surface area contributed by atoms with E-state index < -0.39 is 94.4 Å². The fourth-order valence-corrected chi connectivity index (χ4v) is 3.59. The zero-order valence-electron chi connectivity index (χ0n) is 19.5. The van der Waals surface area contributed by atoms with Crippen molar-refractivity contribution in [2.24, 2.45) is 0 Å². The summed E-state index contributed by atoms with van der Waals surface area (Å²) in [5.41, 5.74) is -4.49. The van der Waals surface area contributed by atoms with Gasteiger partial charge in [0.15, 0.2) is 5.78 Å². The molecular weight excluding hydrogens is 579 g/mol. The standard InChI is InChI=1S/C24H17ClF11NO2/c1-37(11-22(28,29)30)21(39)7-6-20(38)14-4-2-13(8-16(14)24(34,35)36)19(27)10-15(23(31,32)33)12-3-5-18(26)17(25)9-12/h2-5,8-10,15H,6-7,11H2,1H3/b19-10-. The molecule has 0 bridgehead atoms. The van der Waals surface area contributed by atoms with Gasteiger partial charge in [-0.1, -0.05) is 29.8 Å². The highest BCUT2D eigenvalue weighted by Gasteiger charge is 2.41. The molecule has 1 atom stereocenters. The van der Waals surface area contributed by atoms with E-state index in [1.165, 1.54) is 0 Å². The SMILES string of the molecule is CN(CC(F)(F)F)C(=O)CCC(=O)c1ccc(/C(F)=C/C(c2ccc(F)c(Cl)c2)C(F)(F)F)cc1C(F)(F)F. The van der Waals surface area contributed by atoms with E-state index in [1.54, 1.807) is 0 Å². The van der Waals surface area contributed by atoms with Gasteiger partial charge in [0.1, 0.15) is 24.1 Å². The van der Waals surface area contributed by atoms with Crippen molar-refractivity contribution in [1.82, 2.24) is 4.90 Å². The Hall–Kier alpha value is -3.16. The maximum absolute atomic E-state index is 14.8. The topological polar surface area (TPSA) is 37.4 Å². The molecule has 0 saturated carbocycles. The highest BCUT2D eigenvalue weighted by molar-refractivity contribution is 6.30. The van der Waals surface area contributed by atoms with Crippen LogP contribution in [0.3, 0.4) is 0 Å². The van der Waals surface area contributed by atoms with E-state index >= 15 is 0 Å². The normalized spacial score (nSPS) is 13.8. The number of ketones is 1. The van der Waals surface area contributed by atoms with Crippen LogP contribution in [0.15, 0.2) is 42.5 Å². The molecule has 0 radical (unpaired) electrons. The summed E-state index contributed by atoms with van der Waals surface area (Å²) in [7, 11) is 0.777. The Morgan fingerprint density at radius 2 is 1.56 bits per heavy atom. The Kier molecular flexibility index (Phi) is 9.80. The van der Waals surface area contributed by atoms with Crippen LogP contribution in [0.4, 0.5) is 48.3 Å². The van der Waals surface area contributed by atoms with Gasteiger partial charge in [-0.25, -0.2) is 8.78 Å². The lowest BCUT2D eigenvalue weighted by molar-refractivity contribution is -0.158. The molecule has 0 saturated heterocycles. The summed E-state index contributed by atoms with van der Waals surface area (Å²) >= 11 is 5.48. The number of amides is 1. The van der Waals surface area contributed by atoms with Crippen LogP contribution < -0.4 is 0 Å². The van der Waals surface area contributed by atoms with Gasteiger partial charge in [0, 0.05) is 31.0 Å². The molecule has 0 spiro atoms. The number of benzene rings is 2. The molecule has 0 heterocycles. The first-order chi connectivity index (χ1) is 17.7. The zero-order chi connectivity index (χ0) is 29.9. The summed E-state index contributed by atoms with van der Waals surface area (Å²) in [4.78, 5) is 24.4. The van der Waals surface area contributed by atoms with Crippen LogP contribution in [-0.4, -0.2) is 42.5 Å². The molecule has 2 aromatic carbocycles. The number of hydrogen-bond donors (Lipinski definition) is 0. The number of hydrogen-bond acceptors (Lipinski definition) is 2. The van der Waals surface area contributed by atoms with Crippen molar-refractivity contribution in [2.75, 3.05) is 13.6 Å².